The molecular formula is C18H15N3O2S. The lowest BCUT2D eigenvalue weighted by molar-refractivity contribution is 0.340. The number of thioether (sulfide) groups is 1. The van der Waals surface area contributed by atoms with Gasteiger partial charge in [0.25, 0.3) is 5.22 Å². The molecule has 1 heterocycles. The van der Waals surface area contributed by atoms with Crippen LogP contribution < -0.4 is 4.74 Å². The number of hydrogen-bond donors (Lipinski definition) is 0. The summed E-state index contributed by atoms with van der Waals surface area (Å²) >= 11 is 1.45. The molecule has 0 atom stereocenters. The monoisotopic (exact) mass is 337 g/mol. The average Bonchev–Trinajstić information content (AvgIpc) is 3.10. The Kier molecular flexibility index (Phi) is 5.14. The summed E-state index contributed by atoms with van der Waals surface area (Å²) in [7, 11) is 0. The molecule has 0 bridgehead atoms. The quantitative estimate of drug-likeness (QED) is 0.625. The molecule has 5 nitrogen and oxygen atoms in total. The number of benzene rings is 2. The highest BCUT2D eigenvalue weighted by atomic mass is 32.2. The maximum Gasteiger partial charge on any atom is 0.277 e. The van der Waals surface area contributed by atoms with Crippen LogP contribution in [-0.2, 0) is 5.75 Å². The lowest BCUT2D eigenvalue weighted by Crippen LogP contribution is -1.90. The standard InChI is InChI=1S/C18H15N3O2S/c1-2-22-16-8-6-15(7-9-16)17-20-21-18(23-17)24-12-14-5-3-4-13(10-14)11-19/h3-10H,2,12H2,1H3. The van der Waals surface area contributed by atoms with Crippen molar-refractivity contribution in [1.82, 2.24) is 10.2 Å². The zero-order valence-corrected chi connectivity index (χ0v) is 13.9. The molecule has 0 N–H and O–H groups in total. The topological polar surface area (TPSA) is 71.9 Å². The first-order valence-electron chi connectivity index (χ1n) is 7.47. The van der Waals surface area contributed by atoms with E-state index in [2.05, 4.69) is 16.3 Å². The molecule has 0 radical (unpaired) electrons. The summed E-state index contributed by atoms with van der Waals surface area (Å²) in [4.78, 5) is 0. The van der Waals surface area contributed by atoms with Crippen LogP contribution in [-0.4, -0.2) is 16.8 Å². The minimum atomic E-state index is 0.478. The lowest BCUT2D eigenvalue weighted by atomic mass is 10.2. The molecule has 0 aliphatic rings. The van der Waals surface area contributed by atoms with Crippen molar-refractivity contribution in [2.45, 2.75) is 17.9 Å². The van der Waals surface area contributed by atoms with Crippen molar-refractivity contribution in [3.63, 3.8) is 0 Å². The van der Waals surface area contributed by atoms with Crippen molar-refractivity contribution in [2.75, 3.05) is 6.61 Å². The van der Waals surface area contributed by atoms with Gasteiger partial charge in [0, 0.05) is 11.3 Å². The highest BCUT2D eigenvalue weighted by Crippen LogP contribution is 2.27. The van der Waals surface area contributed by atoms with Crippen LogP contribution in [0.4, 0.5) is 0 Å². The summed E-state index contributed by atoms with van der Waals surface area (Å²) in [6.45, 7) is 2.58. The number of nitriles is 1. The van der Waals surface area contributed by atoms with Crippen LogP contribution in [0.3, 0.4) is 0 Å². The highest BCUT2D eigenvalue weighted by molar-refractivity contribution is 7.98. The second kappa shape index (κ2) is 7.66. The Labute approximate surface area is 144 Å². The van der Waals surface area contributed by atoms with Gasteiger partial charge < -0.3 is 9.15 Å². The van der Waals surface area contributed by atoms with E-state index in [-0.39, 0.29) is 0 Å². The van der Waals surface area contributed by atoms with Gasteiger partial charge in [0.05, 0.1) is 18.2 Å². The minimum absolute atomic E-state index is 0.478. The first kappa shape index (κ1) is 16.1. The van der Waals surface area contributed by atoms with Gasteiger partial charge >= 0.3 is 0 Å². The van der Waals surface area contributed by atoms with Crippen LogP contribution >= 0.6 is 11.8 Å². The molecular weight excluding hydrogens is 322 g/mol. The minimum Gasteiger partial charge on any atom is -0.494 e. The summed E-state index contributed by atoms with van der Waals surface area (Å²) in [5, 5.41) is 17.6. The molecule has 24 heavy (non-hydrogen) atoms. The summed E-state index contributed by atoms with van der Waals surface area (Å²) in [5.74, 6) is 1.96. The average molecular weight is 337 g/mol. The Balaban J connectivity index is 1.65. The van der Waals surface area contributed by atoms with Gasteiger partial charge in [0.1, 0.15) is 5.75 Å². The van der Waals surface area contributed by atoms with Gasteiger partial charge in [-0.1, -0.05) is 23.9 Å². The molecule has 0 unspecified atom stereocenters. The third-order valence-electron chi connectivity index (χ3n) is 3.24. The van der Waals surface area contributed by atoms with Crippen molar-refractivity contribution < 1.29 is 9.15 Å². The number of aromatic nitrogens is 2. The second-order valence-corrected chi connectivity index (χ2v) is 5.86. The van der Waals surface area contributed by atoms with E-state index in [0.717, 1.165) is 16.9 Å². The van der Waals surface area contributed by atoms with Crippen molar-refractivity contribution in [2.24, 2.45) is 0 Å². The predicted octanol–water partition coefficient (Wildman–Crippen LogP) is 4.30. The van der Waals surface area contributed by atoms with E-state index in [1.54, 1.807) is 6.07 Å². The maximum absolute atomic E-state index is 8.92. The van der Waals surface area contributed by atoms with Crippen LogP contribution in [0.25, 0.3) is 11.5 Å². The van der Waals surface area contributed by atoms with Gasteiger partial charge in [-0.15, -0.1) is 10.2 Å². The smallest absolute Gasteiger partial charge is 0.277 e. The van der Waals surface area contributed by atoms with Crippen LogP contribution in [0.5, 0.6) is 5.75 Å². The van der Waals surface area contributed by atoms with Gasteiger partial charge in [0.2, 0.25) is 5.89 Å². The van der Waals surface area contributed by atoms with Crippen molar-refractivity contribution >= 4 is 11.8 Å². The predicted molar refractivity (Wildman–Crippen MR) is 91.6 cm³/mol. The Morgan fingerprint density at radius 3 is 2.75 bits per heavy atom. The Bertz CT molecular complexity index is 853. The van der Waals surface area contributed by atoms with E-state index < -0.39 is 0 Å². The third kappa shape index (κ3) is 3.94. The van der Waals surface area contributed by atoms with Gasteiger partial charge in [0.15, 0.2) is 0 Å². The first-order valence-corrected chi connectivity index (χ1v) is 8.45. The Morgan fingerprint density at radius 2 is 2.00 bits per heavy atom. The van der Waals surface area contributed by atoms with Crippen LogP contribution in [0, 0.1) is 11.3 Å². The summed E-state index contributed by atoms with van der Waals surface area (Å²) in [6, 6.07) is 17.2. The van der Waals surface area contributed by atoms with Gasteiger partial charge in [-0.2, -0.15) is 5.26 Å². The first-order chi connectivity index (χ1) is 11.8. The molecule has 0 aliphatic carbocycles. The molecule has 120 valence electrons. The van der Waals surface area contributed by atoms with E-state index in [1.807, 2.05) is 49.4 Å². The fourth-order valence-corrected chi connectivity index (χ4v) is 2.83. The SMILES string of the molecule is CCOc1ccc(-c2nnc(SCc3cccc(C#N)c3)o2)cc1. The van der Waals surface area contributed by atoms with Gasteiger partial charge in [-0.05, 0) is 48.9 Å². The van der Waals surface area contributed by atoms with Crippen LogP contribution in [0.15, 0.2) is 58.2 Å². The van der Waals surface area contributed by atoms with E-state index >= 15 is 0 Å². The number of nitrogens with zero attached hydrogens (tertiary/aromatic N) is 3. The molecule has 0 saturated carbocycles. The maximum atomic E-state index is 8.92. The number of ether oxygens (including phenoxy) is 1. The molecule has 0 aliphatic heterocycles. The van der Waals surface area contributed by atoms with Crippen molar-refractivity contribution in [3.8, 4) is 23.3 Å². The Hall–Kier alpha value is -2.78. The van der Waals surface area contributed by atoms with Crippen LogP contribution in [0.1, 0.15) is 18.1 Å². The molecule has 3 aromatic rings. The number of rotatable bonds is 6. The third-order valence-corrected chi connectivity index (χ3v) is 4.13. The molecule has 2 aromatic carbocycles. The van der Waals surface area contributed by atoms with Crippen LogP contribution in [0.2, 0.25) is 0 Å². The van der Waals surface area contributed by atoms with E-state index in [9.17, 15) is 0 Å². The zero-order valence-electron chi connectivity index (χ0n) is 13.1. The summed E-state index contributed by atoms with van der Waals surface area (Å²) < 4.78 is 11.1. The van der Waals surface area contributed by atoms with E-state index in [1.165, 1.54) is 11.8 Å². The molecule has 6 heteroatoms. The molecule has 3 rings (SSSR count). The molecule has 1 aromatic heterocycles. The molecule has 0 saturated heterocycles. The summed E-state index contributed by atoms with van der Waals surface area (Å²) in [6.07, 6.45) is 0. The van der Waals surface area contributed by atoms with Gasteiger partial charge in [-0.25, -0.2) is 0 Å². The molecule has 0 spiro atoms. The van der Waals surface area contributed by atoms with Crippen molar-refractivity contribution in [1.29, 1.82) is 5.26 Å². The fraction of sp³-hybridized carbons (Fsp3) is 0.167. The summed E-state index contributed by atoms with van der Waals surface area (Å²) in [5.41, 5.74) is 2.54. The number of hydrogen-bond acceptors (Lipinski definition) is 6. The van der Waals surface area contributed by atoms with E-state index in [4.69, 9.17) is 14.4 Å². The Morgan fingerprint density at radius 1 is 1.17 bits per heavy atom. The molecule has 0 fully saturated rings. The van der Waals surface area contributed by atoms with Crippen molar-refractivity contribution in [3.05, 3.63) is 59.7 Å². The van der Waals surface area contributed by atoms with Gasteiger partial charge in [-0.3, -0.25) is 0 Å². The lowest BCUT2D eigenvalue weighted by Gasteiger charge is -2.02. The zero-order chi connectivity index (χ0) is 16.8. The largest absolute Gasteiger partial charge is 0.494 e. The second-order valence-electron chi connectivity index (χ2n) is 4.93. The highest BCUT2D eigenvalue weighted by Gasteiger charge is 2.09. The van der Waals surface area contributed by atoms with E-state index in [0.29, 0.717) is 29.0 Å². The molecule has 0 amide bonds. The normalized spacial score (nSPS) is 10.3. The fourth-order valence-electron chi connectivity index (χ4n) is 2.12.